The third-order valence-corrected chi connectivity index (χ3v) is 1.24. The second-order valence-corrected chi connectivity index (χ2v) is 1.77. The number of halogens is 1. The molecule has 0 N–H and O–H groups in total. The van der Waals surface area contributed by atoms with Gasteiger partial charge in [0, 0.05) is 6.92 Å². The van der Waals surface area contributed by atoms with Gasteiger partial charge < -0.3 is 24.0 Å². The summed E-state index contributed by atoms with van der Waals surface area (Å²) in [5.41, 5.74) is 0. The van der Waals surface area contributed by atoms with E-state index in [-0.39, 0.29) is 24.0 Å². The molecule has 0 saturated heterocycles. The van der Waals surface area contributed by atoms with Crippen LogP contribution >= 0.6 is 0 Å². The number of rotatable bonds is 0. The molecule has 0 atom stereocenters. The standard InChI is InChI=1S/C4H9N4.HI/c1-4-7(2)5-6-8(4)3;/h1-3H3;1H/q+1;/p-1. The number of aryl methyl sites for hydroxylation is 2. The number of hydrogen-bond acceptors (Lipinski definition) is 2. The summed E-state index contributed by atoms with van der Waals surface area (Å²) < 4.78 is 3.44. The van der Waals surface area contributed by atoms with Crippen LogP contribution in [0.25, 0.3) is 0 Å². The van der Waals surface area contributed by atoms with E-state index < -0.39 is 0 Å². The molecule has 1 heterocycles. The van der Waals surface area contributed by atoms with Crippen molar-refractivity contribution >= 4 is 0 Å². The molecule has 0 saturated carbocycles. The maximum absolute atomic E-state index is 3.75. The highest BCUT2D eigenvalue weighted by molar-refractivity contribution is 4.59. The molecule has 0 radical (unpaired) electrons. The fraction of sp³-hybridized carbons (Fsp3) is 0.750. The molecular weight excluding hydrogens is 231 g/mol. The minimum absolute atomic E-state index is 0. The maximum atomic E-state index is 3.75. The zero-order chi connectivity index (χ0) is 6.15. The second kappa shape index (κ2) is 3.09. The van der Waals surface area contributed by atoms with Crippen LogP contribution < -0.4 is 28.7 Å². The van der Waals surface area contributed by atoms with Crippen LogP contribution in [0.15, 0.2) is 0 Å². The first-order chi connectivity index (χ1) is 3.72. The number of hydrogen-bond donors (Lipinski definition) is 0. The smallest absolute Gasteiger partial charge is 0.253 e. The Labute approximate surface area is 70.9 Å². The van der Waals surface area contributed by atoms with Crippen LogP contribution in [0.2, 0.25) is 0 Å². The topological polar surface area (TPSA) is 34.6 Å². The van der Waals surface area contributed by atoms with Crippen molar-refractivity contribution < 1.29 is 28.7 Å². The lowest BCUT2D eigenvalue weighted by molar-refractivity contribution is -0.737. The molecule has 9 heavy (non-hydrogen) atoms. The first-order valence-electron chi connectivity index (χ1n) is 2.44. The molecule has 0 aliphatic heterocycles. The molecule has 0 bridgehead atoms. The molecule has 0 unspecified atom stereocenters. The lowest BCUT2D eigenvalue weighted by Crippen LogP contribution is -3.00. The number of tetrazole rings is 1. The molecular formula is C4H9IN4. The molecule has 4 nitrogen and oxygen atoms in total. The van der Waals surface area contributed by atoms with Crippen molar-refractivity contribution in [3.05, 3.63) is 5.82 Å². The van der Waals surface area contributed by atoms with E-state index in [9.17, 15) is 0 Å². The Hall–Kier alpha value is -0.200. The molecule has 0 aromatic carbocycles. The minimum Gasteiger partial charge on any atom is -1.00 e. The summed E-state index contributed by atoms with van der Waals surface area (Å²) in [7, 11) is 3.73. The molecule has 52 valence electrons. The van der Waals surface area contributed by atoms with Gasteiger partial charge in [-0.15, -0.1) is 4.68 Å². The summed E-state index contributed by atoms with van der Waals surface area (Å²) in [5, 5.41) is 7.49. The Morgan fingerprint density at radius 3 is 2.22 bits per heavy atom. The quantitative estimate of drug-likeness (QED) is 0.342. The van der Waals surface area contributed by atoms with Crippen molar-refractivity contribution in [1.82, 2.24) is 15.1 Å². The molecule has 1 rings (SSSR count). The van der Waals surface area contributed by atoms with Crippen LogP contribution in [0.1, 0.15) is 5.82 Å². The van der Waals surface area contributed by atoms with Gasteiger partial charge in [-0.1, -0.05) is 4.68 Å². The summed E-state index contributed by atoms with van der Waals surface area (Å²) in [6.45, 7) is 1.96. The first kappa shape index (κ1) is 8.80. The van der Waals surface area contributed by atoms with Crippen LogP contribution in [0.4, 0.5) is 0 Å². The Bertz CT molecular complexity index is 175. The summed E-state index contributed by atoms with van der Waals surface area (Å²) in [6.07, 6.45) is 0. The van der Waals surface area contributed by atoms with Gasteiger partial charge in [0.25, 0.3) is 5.82 Å². The van der Waals surface area contributed by atoms with Crippen molar-refractivity contribution in [2.75, 3.05) is 0 Å². The highest BCUT2D eigenvalue weighted by atomic mass is 127. The summed E-state index contributed by atoms with van der Waals surface area (Å²) in [5.74, 6) is 1.05. The zero-order valence-corrected chi connectivity index (χ0v) is 7.82. The average molecular weight is 240 g/mol. The van der Waals surface area contributed by atoms with Crippen LogP contribution in [-0.2, 0) is 14.1 Å². The van der Waals surface area contributed by atoms with E-state index in [1.165, 1.54) is 0 Å². The third kappa shape index (κ3) is 1.60. The monoisotopic (exact) mass is 240 g/mol. The minimum atomic E-state index is 0. The molecule has 0 aliphatic rings. The highest BCUT2D eigenvalue weighted by Crippen LogP contribution is 1.75. The summed E-state index contributed by atoms with van der Waals surface area (Å²) in [4.78, 5) is 0. The van der Waals surface area contributed by atoms with E-state index in [0.29, 0.717) is 0 Å². The van der Waals surface area contributed by atoms with E-state index >= 15 is 0 Å². The van der Waals surface area contributed by atoms with Gasteiger partial charge in [-0.25, -0.2) is 0 Å². The van der Waals surface area contributed by atoms with Gasteiger partial charge in [-0.3, -0.25) is 0 Å². The van der Waals surface area contributed by atoms with Crippen LogP contribution in [0.3, 0.4) is 0 Å². The van der Waals surface area contributed by atoms with E-state index in [1.54, 1.807) is 9.36 Å². The van der Waals surface area contributed by atoms with Crippen LogP contribution in [0, 0.1) is 6.92 Å². The SMILES string of the molecule is Cc1n(C)nn[n+]1C.[I-]. The molecule has 1 aromatic heterocycles. The number of aromatic nitrogens is 4. The molecule has 1 aromatic rings. The van der Waals surface area contributed by atoms with E-state index in [1.807, 2.05) is 21.0 Å². The van der Waals surface area contributed by atoms with Crippen molar-refractivity contribution in [1.29, 1.82) is 0 Å². The van der Waals surface area contributed by atoms with Crippen LogP contribution in [0.5, 0.6) is 0 Å². The van der Waals surface area contributed by atoms with Gasteiger partial charge in [0.2, 0.25) is 0 Å². The van der Waals surface area contributed by atoms with Gasteiger partial charge >= 0.3 is 0 Å². The van der Waals surface area contributed by atoms with Gasteiger partial charge in [-0.2, -0.15) is 0 Å². The maximum Gasteiger partial charge on any atom is 0.253 e. The van der Waals surface area contributed by atoms with Gasteiger partial charge in [0.05, 0.1) is 14.1 Å². The molecule has 5 heteroatoms. The van der Waals surface area contributed by atoms with Crippen molar-refractivity contribution in [3.8, 4) is 0 Å². The molecule has 0 aliphatic carbocycles. The second-order valence-electron chi connectivity index (χ2n) is 1.77. The Morgan fingerprint density at radius 1 is 1.56 bits per heavy atom. The third-order valence-electron chi connectivity index (χ3n) is 1.24. The Morgan fingerprint density at radius 2 is 2.11 bits per heavy atom. The fourth-order valence-electron chi connectivity index (χ4n) is 0.459. The van der Waals surface area contributed by atoms with Crippen molar-refractivity contribution in [2.24, 2.45) is 14.1 Å². The van der Waals surface area contributed by atoms with Gasteiger partial charge in [0.15, 0.2) is 5.21 Å². The van der Waals surface area contributed by atoms with Crippen molar-refractivity contribution in [2.45, 2.75) is 6.92 Å². The fourth-order valence-corrected chi connectivity index (χ4v) is 0.459. The summed E-state index contributed by atoms with van der Waals surface area (Å²) in [6, 6.07) is 0. The van der Waals surface area contributed by atoms with E-state index in [2.05, 4.69) is 10.4 Å². The average Bonchev–Trinajstić information content (AvgIpc) is 1.98. The lowest BCUT2D eigenvalue weighted by Gasteiger charge is -1.79. The molecule has 0 fully saturated rings. The highest BCUT2D eigenvalue weighted by Gasteiger charge is 2.05. The predicted octanol–water partition coefficient (Wildman–Crippen LogP) is -4.05. The number of nitrogens with zero attached hydrogens (tertiary/aromatic N) is 4. The van der Waals surface area contributed by atoms with Crippen molar-refractivity contribution in [3.63, 3.8) is 0 Å². The predicted molar refractivity (Wildman–Crippen MR) is 26.9 cm³/mol. The zero-order valence-electron chi connectivity index (χ0n) is 5.67. The van der Waals surface area contributed by atoms with Gasteiger partial charge in [-0.05, 0) is 0 Å². The Balaban J connectivity index is 0.000000640. The Kier molecular flexibility index (Phi) is 3.02. The van der Waals surface area contributed by atoms with Gasteiger partial charge in [0.1, 0.15) is 5.21 Å². The largest absolute Gasteiger partial charge is 1.00 e. The van der Waals surface area contributed by atoms with Crippen LogP contribution in [-0.4, -0.2) is 15.1 Å². The lowest BCUT2D eigenvalue weighted by atomic mass is 10.7. The summed E-state index contributed by atoms with van der Waals surface area (Å²) >= 11 is 0. The van der Waals surface area contributed by atoms with E-state index in [0.717, 1.165) is 5.82 Å². The molecule has 0 spiro atoms. The first-order valence-corrected chi connectivity index (χ1v) is 2.44. The van der Waals surface area contributed by atoms with E-state index in [4.69, 9.17) is 0 Å². The molecule has 0 amide bonds. The normalized spacial score (nSPS) is 8.78.